The third-order valence-electron chi connectivity index (χ3n) is 5.38. The van der Waals surface area contributed by atoms with Crippen LogP contribution in [0.2, 0.25) is 0 Å². The molecular weight excluding hydrogens is 420 g/mol. The second-order valence-corrected chi connectivity index (χ2v) is 9.77. The van der Waals surface area contributed by atoms with Gasteiger partial charge in [-0.25, -0.2) is 0 Å². The van der Waals surface area contributed by atoms with Crippen LogP contribution in [-0.4, -0.2) is 58.6 Å². The summed E-state index contributed by atoms with van der Waals surface area (Å²) in [6.07, 6.45) is 6.12. The molecule has 1 unspecified atom stereocenters. The normalized spacial score (nSPS) is 18.8. The molecule has 2 heterocycles. The number of aromatic nitrogens is 2. The largest absolute Gasteiger partial charge is 0.486 e. The van der Waals surface area contributed by atoms with Crippen LogP contribution >= 0.6 is 23.1 Å². The molecule has 2 aromatic rings. The Morgan fingerprint density at radius 1 is 1.23 bits per heavy atom. The average Bonchev–Trinajstić information content (AvgIpc) is 3.23. The predicted octanol–water partition coefficient (Wildman–Crippen LogP) is 4.06. The van der Waals surface area contributed by atoms with E-state index in [0.29, 0.717) is 31.5 Å². The van der Waals surface area contributed by atoms with E-state index in [4.69, 9.17) is 9.47 Å². The first-order valence-corrected chi connectivity index (χ1v) is 12.4. The number of fused-ring (bicyclic) bond motifs is 1. The number of anilines is 1. The first-order chi connectivity index (χ1) is 14.7. The van der Waals surface area contributed by atoms with Gasteiger partial charge in [0.05, 0.1) is 12.3 Å². The molecule has 0 saturated heterocycles. The Morgan fingerprint density at radius 2 is 2.03 bits per heavy atom. The highest BCUT2D eigenvalue weighted by molar-refractivity contribution is 8.01. The zero-order chi connectivity index (χ0) is 20.8. The Kier molecular flexibility index (Phi) is 7.33. The van der Waals surface area contributed by atoms with Gasteiger partial charge in [-0.3, -0.25) is 4.79 Å². The molecule has 1 atom stereocenters. The second kappa shape index (κ2) is 10.3. The first kappa shape index (κ1) is 21.2. The average molecular weight is 449 g/mol. The number of para-hydroxylation sites is 2. The topological polar surface area (TPSA) is 76.6 Å². The summed E-state index contributed by atoms with van der Waals surface area (Å²) in [5.41, 5.74) is 0. The molecule has 7 nitrogen and oxygen atoms in total. The number of nitrogens with one attached hydrogen (secondary N) is 1. The quantitative estimate of drug-likeness (QED) is 0.610. The van der Waals surface area contributed by atoms with E-state index in [2.05, 4.69) is 15.5 Å². The maximum Gasteiger partial charge on any atom is 0.233 e. The maximum atomic E-state index is 12.7. The number of nitrogens with zero attached hydrogens (tertiary/aromatic N) is 3. The lowest BCUT2D eigenvalue weighted by atomic mass is 9.96. The van der Waals surface area contributed by atoms with E-state index >= 15 is 0 Å². The lowest BCUT2D eigenvalue weighted by Crippen LogP contribution is -2.44. The summed E-state index contributed by atoms with van der Waals surface area (Å²) in [4.78, 5) is 14.6. The van der Waals surface area contributed by atoms with Gasteiger partial charge >= 0.3 is 0 Å². The van der Waals surface area contributed by atoms with Crippen molar-refractivity contribution >= 4 is 34.1 Å². The Morgan fingerprint density at radius 3 is 2.83 bits per heavy atom. The van der Waals surface area contributed by atoms with Crippen LogP contribution in [0.1, 0.15) is 39.0 Å². The van der Waals surface area contributed by atoms with Gasteiger partial charge in [0.25, 0.3) is 0 Å². The zero-order valence-corrected chi connectivity index (χ0v) is 18.8. The zero-order valence-electron chi connectivity index (χ0n) is 17.2. The number of hydrogen-bond donors (Lipinski definition) is 1. The van der Waals surface area contributed by atoms with Crippen molar-refractivity contribution in [2.45, 2.75) is 55.5 Å². The highest BCUT2D eigenvalue weighted by atomic mass is 32.2. The minimum Gasteiger partial charge on any atom is -0.486 e. The molecule has 1 aromatic carbocycles. The lowest BCUT2D eigenvalue weighted by molar-refractivity contribution is -0.129. The van der Waals surface area contributed by atoms with E-state index in [0.717, 1.165) is 21.0 Å². The minimum atomic E-state index is -0.165. The summed E-state index contributed by atoms with van der Waals surface area (Å²) in [5.74, 6) is 1.91. The fourth-order valence-corrected chi connectivity index (χ4v) is 5.50. The molecule has 162 valence electrons. The SMILES string of the molecule is CCN(CC1COc2ccccc2O1)C(=O)CSc1nnc(NC2CCCCC2)s1. The van der Waals surface area contributed by atoms with Crippen LogP contribution in [0, 0.1) is 0 Å². The molecule has 1 saturated carbocycles. The van der Waals surface area contributed by atoms with Crippen molar-refractivity contribution in [1.82, 2.24) is 15.1 Å². The van der Waals surface area contributed by atoms with Gasteiger partial charge in [-0.05, 0) is 31.9 Å². The third kappa shape index (κ3) is 5.57. The number of thioether (sulfide) groups is 1. The number of ether oxygens (including phenoxy) is 2. The van der Waals surface area contributed by atoms with Gasteiger partial charge in [0, 0.05) is 12.6 Å². The molecule has 0 bridgehead atoms. The molecule has 1 aromatic heterocycles. The van der Waals surface area contributed by atoms with Crippen LogP contribution in [-0.2, 0) is 4.79 Å². The molecule has 1 aliphatic heterocycles. The molecule has 1 N–H and O–H groups in total. The molecule has 4 rings (SSSR count). The molecule has 1 fully saturated rings. The van der Waals surface area contributed by atoms with Crippen molar-refractivity contribution in [1.29, 1.82) is 0 Å². The minimum absolute atomic E-state index is 0.0712. The maximum absolute atomic E-state index is 12.7. The Hall–Kier alpha value is -2.00. The molecule has 1 aliphatic carbocycles. The van der Waals surface area contributed by atoms with E-state index in [1.807, 2.05) is 36.1 Å². The Bertz CT molecular complexity index is 841. The number of carbonyl (C=O) groups excluding carboxylic acids is 1. The fraction of sp³-hybridized carbons (Fsp3) is 0.571. The van der Waals surface area contributed by atoms with Crippen LogP contribution in [0.15, 0.2) is 28.6 Å². The second-order valence-electron chi connectivity index (χ2n) is 7.57. The van der Waals surface area contributed by atoms with E-state index in [1.165, 1.54) is 55.2 Å². The van der Waals surface area contributed by atoms with Crippen molar-refractivity contribution in [3.63, 3.8) is 0 Å². The van der Waals surface area contributed by atoms with Gasteiger partial charge in [0.2, 0.25) is 11.0 Å². The summed E-state index contributed by atoms with van der Waals surface area (Å²) in [7, 11) is 0. The van der Waals surface area contributed by atoms with Gasteiger partial charge in [-0.1, -0.05) is 54.5 Å². The standard InChI is InChI=1S/C21H28N4O3S2/c1-2-25(12-16-13-27-17-10-6-7-11-18(17)28-16)19(26)14-29-21-24-23-20(30-21)22-15-8-4-3-5-9-15/h6-7,10-11,15-16H,2-5,8-9,12-14H2,1H3,(H,22,23). The molecule has 1 amide bonds. The van der Waals surface area contributed by atoms with E-state index in [1.54, 1.807) is 0 Å². The first-order valence-electron chi connectivity index (χ1n) is 10.6. The van der Waals surface area contributed by atoms with Crippen LogP contribution in [0.5, 0.6) is 11.5 Å². The van der Waals surface area contributed by atoms with Crippen LogP contribution in [0.25, 0.3) is 0 Å². The van der Waals surface area contributed by atoms with Crippen molar-refractivity contribution in [3.8, 4) is 11.5 Å². The summed E-state index contributed by atoms with van der Waals surface area (Å²) < 4.78 is 12.6. The van der Waals surface area contributed by atoms with Crippen LogP contribution in [0.4, 0.5) is 5.13 Å². The van der Waals surface area contributed by atoms with E-state index in [9.17, 15) is 4.79 Å². The summed E-state index contributed by atoms with van der Waals surface area (Å²) in [5, 5.41) is 12.8. The monoisotopic (exact) mass is 448 g/mol. The summed E-state index contributed by atoms with van der Waals surface area (Å²) >= 11 is 2.98. The number of rotatable bonds is 8. The molecule has 0 radical (unpaired) electrons. The van der Waals surface area contributed by atoms with E-state index < -0.39 is 0 Å². The van der Waals surface area contributed by atoms with Crippen molar-refractivity contribution in [2.24, 2.45) is 0 Å². The summed E-state index contributed by atoms with van der Waals surface area (Å²) in [6.45, 7) is 3.57. The van der Waals surface area contributed by atoms with Crippen LogP contribution in [0.3, 0.4) is 0 Å². The van der Waals surface area contributed by atoms with Crippen molar-refractivity contribution < 1.29 is 14.3 Å². The van der Waals surface area contributed by atoms with Crippen molar-refractivity contribution in [2.75, 3.05) is 30.8 Å². The number of carbonyl (C=O) groups is 1. The van der Waals surface area contributed by atoms with Gasteiger partial charge in [0.15, 0.2) is 21.9 Å². The van der Waals surface area contributed by atoms with Gasteiger partial charge in [-0.15, -0.1) is 10.2 Å². The van der Waals surface area contributed by atoms with Gasteiger partial charge in [0.1, 0.15) is 6.61 Å². The number of benzene rings is 1. The lowest BCUT2D eigenvalue weighted by Gasteiger charge is -2.30. The highest BCUT2D eigenvalue weighted by Gasteiger charge is 2.25. The number of hydrogen-bond acceptors (Lipinski definition) is 8. The molecule has 30 heavy (non-hydrogen) atoms. The predicted molar refractivity (Wildman–Crippen MR) is 120 cm³/mol. The number of amides is 1. The molecular formula is C21H28N4O3S2. The summed E-state index contributed by atoms with van der Waals surface area (Å²) in [6, 6.07) is 8.13. The molecule has 0 spiro atoms. The van der Waals surface area contributed by atoms with Crippen molar-refractivity contribution in [3.05, 3.63) is 24.3 Å². The van der Waals surface area contributed by atoms with Gasteiger partial charge in [-0.2, -0.15) is 0 Å². The van der Waals surface area contributed by atoms with E-state index in [-0.39, 0.29) is 12.0 Å². The Balaban J connectivity index is 1.24. The van der Waals surface area contributed by atoms with Gasteiger partial charge < -0.3 is 19.7 Å². The fourth-order valence-electron chi connectivity index (χ4n) is 3.77. The molecule has 2 aliphatic rings. The highest BCUT2D eigenvalue weighted by Crippen LogP contribution is 2.31. The smallest absolute Gasteiger partial charge is 0.233 e. The van der Waals surface area contributed by atoms with Crippen LogP contribution < -0.4 is 14.8 Å². The number of likely N-dealkylation sites (N-methyl/N-ethyl adjacent to an activating group) is 1. The molecule has 9 heteroatoms. The Labute approximate surface area is 185 Å². The third-order valence-corrected chi connectivity index (χ3v) is 7.36.